The van der Waals surface area contributed by atoms with E-state index < -0.39 is 17.6 Å². The quantitative estimate of drug-likeness (QED) is 0.409. The SMILES string of the molecule is CCN(CC)CCN(C(=O)c1ccc(C(F)(F)F)cc1)c1nc2c(C)ccc(Cl)c2s1. The van der Waals surface area contributed by atoms with Crippen molar-refractivity contribution in [3.8, 4) is 0 Å². The van der Waals surface area contributed by atoms with Gasteiger partial charge in [0.05, 0.1) is 20.8 Å². The molecule has 0 aliphatic rings. The maximum absolute atomic E-state index is 13.3. The van der Waals surface area contributed by atoms with Crippen molar-refractivity contribution in [1.82, 2.24) is 9.88 Å². The molecule has 0 aliphatic carbocycles. The lowest BCUT2D eigenvalue weighted by atomic mass is 10.1. The molecule has 3 rings (SSSR count). The lowest BCUT2D eigenvalue weighted by Crippen LogP contribution is -2.38. The molecule has 0 radical (unpaired) electrons. The Balaban J connectivity index is 1.99. The largest absolute Gasteiger partial charge is 0.416 e. The van der Waals surface area contributed by atoms with Gasteiger partial charge in [-0.25, -0.2) is 4.98 Å². The number of carbonyl (C=O) groups excluding carboxylic acids is 1. The van der Waals surface area contributed by atoms with Crippen LogP contribution in [0.2, 0.25) is 5.02 Å². The zero-order valence-electron chi connectivity index (χ0n) is 17.5. The van der Waals surface area contributed by atoms with E-state index in [-0.39, 0.29) is 5.56 Å². The van der Waals surface area contributed by atoms with E-state index in [1.54, 1.807) is 6.07 Å². The van der Waals surface area contributed by atoms with Gasteiger partial charge in [0, 0.05) is 18.7 Å². The van der Waals surface area contributed by atoms with Crippen LogP contribution in [0.3, 0.4) is 0 Å². The topological polar surface area (TPSA) is 36.4 Å². The van der Waals surface area contributed by atoms with E-state index in [9.17, 15) is 18.0 Å². The molecule has 0 unspecified atom stereocenters. The lowest BCUT2D eigenvalue weighted by molar-refractivity contribution is -0.137. The molecule has 0 fully saturated rings. The summed E-state index contributed by atoms with van der Waals surface area (Å²) in [5, 5.41) is 1.03. The van der Waals surface area contributed by atoms with Gasteiger partial charge in [0.2, 0.25) is 0 Å². The van der Waals surface area contributed by atoms with Gasteiger partial charge in [-0.05, 0) is 55.9 Å². The second-order valence-electron chi connectivity index (χ2n) is 7.10. The van der Waals surface area contributed by atoms with Gasteiger partial charge in [0.25, 0.3) is 5.91 Å². The van der Waals surface area contributed by atoms with E-state index in [0.29, 0.717) is 23.2 Å². The minimum atomic E-state index is -4.45. The fourth-order valence-corrected chi connectivity index (χ4v) is 4.57. The molecule has 0 N–H and O–H groups in total. The molecule has 9 heteroatoms. The molecule has 1 heterocycles. The summed E-state index contributed by atoms with van der Waals surface area (Å²) in [6.45, 7) is 8.60. The summed E-state index contributed by atoms with van der Waals surface area (Å²) >= 11 is 7.64. The fraction of sp³-hybridized carbons (Fsp3) is 0.364. The maximum Gasteiger partial charge on any atom is 0.416 e. The van der Waals surface area contributed by atoms with E-state index in [0.717, 1.165) is 41.0 Å². The van der Waals surface area contributed by atoms with Crippen LogP contribution in [0.1, 0.15) is 35.3 Å². The van der Waals surface area contributed by atoms with Crippen molar-refractivity contribution in [3.63, 3.8) is 0 Å². The number of rotatable bonds is 7. The Kier molecular flexibility index (Phi) is 7.24. The van der Waals surface area contributed by atoms with Crippen LogP contribution in [0.15, 0.2) is 36.4 Å². The predicted octanol–water partition coefficient (Wildman–Crippen LogP) is 6.27. The van der Waals surface area contributed by atoms with Gasteiger partial charge in [-0.15, -0.1) is 0 Å². The second-order valence-corrected chi connectivity index (χ2v) is 8.48. The van der Waals surface area contributed by atoms with Gasteiger partial charge in [-0.2, -0.15) is 13.2 Å². The molecule has 0 bridgehead atoms. The third kappa shape index (κ3) is 5.19. The summed E-state index contributed by atoms with van der Waals surface area (Å²) in [5.74, 6) is -0.395. The maximum atomic E-state index is 13.3. The Hall–Kier alpha value is -2.16. The summed E-state index contributed by atoms with van der Waals surface area (Å²) in [6.07, 6.45) is -4.45. The number of benzene rings is 2. The number of thiazole rings is 1. The number of halogens is 4. The first-order chi connectivity index (χ1) is 14.7. The highest BCUT2D eigenvalue weighted by atomic mass is 35.5. The molecule has 31 heavy (non-hydrogen) atoms. The Morgan fingerprint density at radius 2 is 1.71 bits per heavy atom. The second kappa shape index (κ2) is 9.54. The Morgan fingerprint density at radius 3 is 2.26 bits per heavy atom. The average Bonchev–Trinajstić information content (AvgIpc) is 3.19. The summed E-state index contributed by atoms with van der Waals surface area (Å²) < 4.78 is 39.5. The molecule has 1 aromatic heterocycles. The molecule has 3 aromatic rings. The number of aromatic nitrogens is 1. The van der Waals surface area contributed by atoms with Gasteiger partial charge >= 0.3 is 6.18 Å². The number of fused-ring (bicyclic) bond motifs is 1. The van der Waals surface area contributed by atoms with Crippen molar-refractivity contribution in [1.29, 1.82) is 0 Å². The predicted molar refractivity (Wildman–Crippen MR) is 120 cm³/mol. The van der Waals surface area contributed by atoms with Crippen LogP contribution in [0, 0.1) is 6.92 Å². The standard InChI is InChI=1S/C22H23ClF3N3OS/c1-4-28(5-2)12-13-29(20(30)15-7-9-16(10-8-15)22(24,25)26)21-27-18-14(3)6-11-17(23)19(18)31-21/h6-11H,4-5,12-13H2,1-3H3. The Bertz CT molecular complexity index is 1020. The van der Waals surface area contributed by atoms with Crippen LogP contribution in [0.25, 0.3) is 10.2 Å². The van der Waals surface area contributed by atoms with Crippen molar-refractivity contribution >= 4 is 44.2 Å². The first-order valence-electron chi connectivity index (χ1n) is 9.92. The van der Waals surface area contributed by atoms with Crippen LogP contribution in [-0.2, 0) is 6.18 Å². The van der Waals surface area contributed by atoms with E-state index in [1.807, 2.05) is 26.8 Å². The highest BCUT2D eigenvalue weighted by Crippen LogP contribution is 2.36. The zero-order valence-corrected chi connectivity index (χ0v) is 19.0. The molecule has 1 amide bonds. The minimum Gasteiger partial charge on any atom is -0.302 e. The average molecular weight is 470 g/mol. The summed E-state index contributed by atoms with van der Waals surface area (Å²) in [7, 11) is 0. The molecule has 0 saturated heterocycles. The van der Waals surface area contributed by atoms with Gasteiger partial charge in [-0.1, -0.05) is 42.9 Å². The number of carbonyl (C=O) groups is 1. The van der Waals surface area contributed by atoms with Crippen LogP contribution in [0.5, 0.6) is 0 Å². The molecular weight excluding hydrogens is 447 g/mol. The van der Waals surface area contributed by atoms with Crippen LogP contribution < -0.4 is 4.90 Å². The third-order valence-electron chi connectivity index (χ3n) is 5.16. The molecule has 4 nitrogen and oxygen atoms in total. The van der Waals surface area contributed by atoms with E-state index >= 15 is 0 Å². The normalized spacial score (nSPS) is 12.0. The number of anilines is 1. The van der Waals surface area contributed by atoms with Gasteiger partial charge in [0.1, 0.15) is 0 Å². The van der Waals surface area contributed by atoms with Crippen molar-refractivity contribution < 1.29 is 18.0 Å². The molecule has 0 aliphatic heterocycles. The van der Waals surface area contributed by atoms with Gasteiger partial charge in [0.15, 0.2) is 5.13 Å². The summed E-state index contributed by atoms with van der Waals surface area (Å²) in [5.41, 5.74) is 1.05. The van der Waals surface area contributed by atoms with Crippen molar-refractivity contribution in [3.05, 3.63) is 58.1 Å². The Labute approximate surface area is 188 Å². The number of amides is 1. The fourth-order valence-electron chi connectivity index (χ4n) is 3.23. The van der Waals surface area contributed by atoms with Gasteiger partial charge in [-0.3, -0.25) is 9.69 Å². The monoisotopic (exact) mass is 469 g/mol. The zero-order chi connectivity index (χ0) is 22.8. The van der Waals surface area contributed by atoms with E-state index in [2.05, 4.69) is 9.88 Å². The summed E-state index contributed by atoms with van der Waals surface area (Å²) in [4.78, 5) is 21.6. The number of hydrogen-bond donors (Lipinski definition) is 0. The van der Waals surface area contributed by atoms with Crippen LogP contribution >= 0.6 is 22.9 Å². The third-order valence-corrected chi connectivity index (χ3v) is 6.69. The first kappa shape index (κ1) is 23.5. The van der Waals surface area contributed by atoms with Crippen molar-refractivity contribution in [2.45, 2.75) is 26.9 Å². The molecular formula is C22H23ClF3N3OS. The van der Waals surface area contributed by atoms with E-state index in [1.165, 1.54) is 28.4 Å². The number of aryl methyl sites for hydroxylation is 1. The molecule has 166 valence electrons. The number of nitrogens with zero attached hydrogens (tertiary/aromatic N) is 3. The minimum absolute atomic E-state index is 0.176. The van der Waals surface area contributed by atoms with Crippen LogP contribution in [0.4, 0.5) is 18.3 Å². The van der Waals surface area contributed by atoms with Gasteiger partial charge < -0.3 is 4.90 Å². The number of alkyl halides is 3. The lowest BCUT2D eigenvalue weighted by Gasteiger charge is -2.25. The molecule has 0 atom stereocenters. The molecule has 0 saturated carbocycles. The molecule has 2 aromatic carbocycles. The van der Waals surface area contributed by atoms with Crippen LogP contribution in [-0.4, -0.2) is 42.0 Å². The highest BCUT2D eigenvalue weighted by Gasteiger charge is 2.31. The number of likely N-dealkylation sites (N-methyl/N-ethyl adjacent to an activating group) is 1. The smallest absolute Gasteiger partial charge is 0.302 e. The molecule has 0 spiro atoms. The Morgan fingerprint density at radius 1 is 1.06 bits per heavy atom. The number of hydrogen-bond acceptors (Lipinski definition) is 4. The van der Waals surface area contributed by atoms with Crippen molar-refractivity contribution in [2.24, 2.45) is 0 Å². The van der Waals surface area contributed by atoms with E-state index in [4.69, 9.17) is 11.6 Å². The van der Waals surface area contributed by atoms with Crippen molar-refractivity contribution in [2.75, 3.05) is 31.1 Å². The summed E-state index contributed by atoms with van der Waals surface area (Å²) in [6, 6.07) is 7.93. The highest BCUT2D eigenvalue weighted by molar-refractivity contribution is 7.23. The first-order valence-corrected chi connectivity index (χ1v) is 11.1.